The third-order valence-corrected chi connectivity index (χ3v) is 4.29. The van der Waals surface area contributed by atoms with Crippen LogP contribution in [0.3, 0.4) is 0 Å². The number of carbonyl (C=O) groups is 2. The molecule has 0 bridgehead atoms. The molecule has 27 heavy (non-hydrogen) atoms. The predicted octanol–water partition coefficient (Wildman–Crippen LogP) is 3.40. The van der Waals surface area contributed by atoms with Gasteiger partial charge in [-0.05, 0) is 49.4 Å². The van der Waals surface area contributed by atoms with Gasteiger partial charge in [-0.2, -0.15) is 10.5 Å². The lowest BCUT2D eigenvalue weighted by atomic mass is 10.1. The van der Waals surface area contributed by atoms with Crippen molar-refractivity contribution in [2.45, 2.75) is 12.5 Å². The van der Waals surface area contributed by atoms with Crippen molar-refractivity contribution in [2.75, 3.05) is 11.5 Å². The third-order valence-electron chi connectivity index (χ3n) is 3.98. The van der Waals surface area contributed by atoms with Crippen molar-refractivity contribution in [1.29, 1.82) is 10.5 Å². The number of ether oxygens (including phenoxy) is 2. The summed E-state index contributed by atoms with van der Waals surface area (Å²) in [5.74, 6) is -0.180. The van der Waals surface area contributed by atoms with Gasteiger partial charge >= 0.3 is 6.09 Å². The van der Waals surface area contributed by atoms with Gasteiger partial charge in [0, 0.05) is 0 Å². The lowest BCUT2D eigenvalue weighted by Gasteiger charge is -2.20. The van der Waals surface area contributed by atoms with Gasteiger partial charge in [0.2, 0.25) is 5.60 Å². The van der Waals surface area contributed by atoms with E-state index in [-0.39, 0.29) is 22.9 Å². The minimum atomic E-state index is -1.52. The molecular weight excluding hydrogens is 370 g/mol. The minimum Gasteiger partial charge on any atom is -0.489 e. The summed E-state index contributed by atoms with van der Waals surface area (Å²) in [6.45, 7) is 1.24. The molecule has 3 rings (SSSR count). The molecule has 0 aromatic heterocycles. The van der Waals surface area contributed by atoms with Crippen LogP contribution in [-0.4, -0.2) is 24.2 Å². The van der Waals surface area contributed by atoms with E-state index >= 15 is 0 Å². The Hall–Kier alpha value is -3.55. The molecular formula is C19H12ClN3O4. The molecule has 1 saturated heterocycles. The zero-order valence-electron chi connectivity index (χ0n) is 14.1. The average molecular weight is 382 g/mol. The van der Waals surface area contributed by atoms with E-state index in [1.54, 1.807) is 24.3 Å². The summed E-state index contributed by atoms with van der Waals surface area (Å²) in [5, 5.41) is 17.9. The van der Waals surface area contributed by atoms with Crippen molar-refractivity contribution in [3.05, 3.63) is 58.6 Å². The average Bonchev–Trinajstić information content (AvgIpc) is 2.89. The molecule has 1 aliphatic heterocycles. The summed E-state index contributed by atoms with van der Waals surface area (Å²) in [5.41, 5.74) is -0.616. The number of nitriles is 2. The maximum absolute atomic E-state index is 12.8. The molecule has 0 aliphatic carbocycles. The van der Waals surface area contributed by atoms with Crippen molar-refractivity contribution >= 4 is 29.3 Å². The van der Waals surface area contributed by atoms with Crippen LogP contribution in [0.15, 0.2) is 42.5 Å². The van der Waals surface area contributed by atoms with Gasteiger partial charge in [0.25, 0.3) is 5.91 Å². The molecule has 2 aromatic rings. The maximum atomic E-state index is 12.8. The Morgan fingerprint density at radius 1 is 1.15 bits per heavy atom. The molecule has 8 heteroatoms. The van der Waals surface area contributed by atoms with E-state index in [0.717, 1.165) is 4.90 Å². The van der Waals surface area contributed by atoms with E-state index < -0.39 is 17.6 Å². The molecule has 1 aliphatic rings. The highest BCUT2D eigenvalue weighted by molar-refractivity contribution is 6.32. The summed E-state index contributed by atoms with van der Waals surface area (Å²) < 4.78 is 10.8. The van der Waals surface area contributed by atoms with Crippen LogP contribution in [0.25, 0.3) is 0 Å². The maximum Gasteiger partial charge on any atom is 0.422 e. The van der Waals surface area contributed by atoms with Gasteiger partial charge in [0.05, 0.1) is 27.9 Å². The zero-order chi connectivity index (χ0) is 19.6. The number of amides is 2. The molecule has 1 atom stereocenters. The van der Waals surface area contributed by atoms with Crippen LogP contribution < -0.4 is 9.64 Å². The number of benzene rings is 2. The standard InChI is InChI=1S/C19H12ClN3O4/c1-19(11-26-15-6-2-12(9-21)3-7-15)17(24)23(18(25)27-19)14-5-4-13(10-22)16(20)8-14/h2-8H,11H2,1H3. The largest absolute Gasteiger partial charge is 0.489 e. The minimum absolute atomic E-state index is 0.123. The van der Waals surface area contributed by atoms with E-state index in [2.05, 4.69) is 0 Å². The Kier molecular flexibility index (Phi) is 4.72. The van der Waals surface area contributed by atoms with Crippen LogP contribution in [0.1, 0.15) is 18.1 Å². The third kappa shape index (κ3) is 3.41. The number of rotatable bonds is 4. The molecule has 0 radical (unpaired) electrons. The molecule has 7 nitrogen and oxygen atoms in total. The number of hydrogen-bond donors (Lipinski definition) is 0. The summed E-state index contributed by atoms with van der Waals surface area (Å²) in [6.07, 6.45) is -0.855. The molecule has 2 aromatic carbocycles. The molecule has 0 saturated carbocycles. The Morgan fingerprint density at radius 2 is 1.85 bits per heavy atom. The predicted molar refractivity (Wildman–Crippen MR) is 95.2 cm³/mol. The van der Waals surface area contributed by atoms with E-state index in [9.17, 15) is 9.59 Å². The van der Waals surface area contributed by atoms with Gasteiger partial charge in [-0.3, -0.25) is 4.79 Å². The topological polar surface area (TPSA) is 103 Å². The number of imide groups is 1. The highest BCUT2D eigenvalue weighted by atomic mass is 35.5. The fraction of sp³-hybridized carbons (Fsp3) is 0.158. The quantitative estimate of drug-likeness (QED) is 0.803. The fourth-order valence-electron chi connectivity index (χ4n) is 2.50. The van der Waals surface area contributed by atoms with Crippen molar-refractivity contribution in [3.8, 4) is 17.9 Å². The second-order valence-corrected chi connectivity index (χ2v) is 6.35. The second-order valence-electron chi connectivity index (χ2n) is 5.94. The molecule has 1 unspecified atom stereocenters. The van der Waals surface area contributed by atoms with Gasteiger partial charge in [0.15, 0.2) is 0 Å². The summed E-state index contributed by atoms with van der Waals surface area (Å²) in [7, 11) is 0. The van der Waals surface area contributed by atoms with E-state index in [4.69, 9.17) is 31.6 Å². The number of hydrogen-bond acceptors (Lipinski definition) is 6. The van der Waals surface area contributed by atoms with Crippen molar-refractivity contribution in [1.82, 2.24) is 0 Å². The van der Waals surface area contributed by atoms with Crippen LogP contribution in [0.2, 0.25) is 5.02 Å². The van der Waals surface area contributed by atoms with E-state index in [1.165, 1.54) is 25.1 Å². The number of nitrogens with zero attached hydrogens (tertiary/aromatic N) is 3. The van der Waals surface area contributed by atoms with Crippen molar-refractivity contribution in [3.63, 3.8) is 0 Å². The zero-order valence-corrected chi connectivity index (χ0v) is 14.9. The SMILES string of the molecule is CC1(COc2ccc(C#N)cc2)OC(=O)N(c2ccc(C#N)c(Cl)c2)C1=O. The van der Waals surface area contributed by atoms with Crippen molar-refractivity contribution in [2.24, 2.45) is 0 Å². The number of halogens is 1. The summed E-state index contributed by atoms with van der Waals surface area (Å²) in [4.78, 5) is 25.9. The monoisotopic (exact) mass is 381 g/mol. The van der Waals surface area contributed by atoms with Crippen LogP contribution in [-0.2, 0) is 9.53 Å². The lowest BCUT2D eigenvalue weighted by molar-refractivity contribution is -0.130. The lowest BCUT2D eigenvalue weighted by Crippen LogP contribution is -2.43. The smallest absolute Gasteiger partial charge is 0.422 e. The molecule has 134 valence electrons. The van der Waals surface area contributed by atoms with Gasteiger partial charge in [-0.15, -0.1) is 0 Å². The first-order valence-corrected chi connectivity index (χ1v) is 8.16. The Labute approximate surface area is 159 Å². The number of carbonyl (C=O) groups excluding carboxylic acids is 2. The Balaban J connectivity index is 1.78. The van der Waals surface area contributed by atoms with E-state index in [1.807, 2.05) is 12.1 Å². The summed E-state index contributed by atoms with van der Waals surface area (Å²) in [6, 6.07) is 14.4. The fourth-order valence-corrected chi connectivity index (χ4v) is 2.71. The summed E-state index contributed by atoms with van der Waals surface area (Å²) >= 11 is 5.98. The van der Waals surface area contributed by atoms with Gasteiger partial charge in [-0.25, -0.2) is 9.69 Å². The van der Waals surface area contributed by atoms with E-state index in [0.29, 0.717) is 11.3 Å². The Morgan fingerprint density at radius 3 is 2.44 bits per heavy atom. The van der Waals surface area contributed by atoms with Gasteiger partial charge in [0.1, 0.15) is 18.4 Å². The highest BCUT2D eigenvalue weighted by Gasteiger charge is 2.52. The Bertz CT molecular complexity index is 1010. The number of cyclic esters (lactones) is 1. The molecule has 1 fully saturated rings. The molecule has 0 N–H and O–H groups in total. The molecule has 0 spiro atoms. The van der Waals surface area contributed by atoms with Crippen LogP contribution in [0.4, 0.5) is 10.5 Å². The van der Waals surface area contributed by atoms with Crippen LogP contribution in [0.5, 0.6) is 5.75 Å². The normalized spacial score (nSPS) is 18.6. The van der Waals surface area contributed by atoms with Crippen LogP contribution in [0, 0.1) is 22.7 Å². The first-order valence-electron chi connectivity index (χ1n) is 7.78. The molecule has 2 amide bonds. The van der Waals surface area contributed by atoms with Crippen molar-refractivity contribution < 1.29 is 19.1 Å². The van der Waals surface area contributed by atoms with Crippen LogP contribution >= 0.6 is 11.6 Å². The highest BCUT2D eigenvalue weighted by Crippen LogP contribution is 2.32. The number of anilines is 1. The first kappa shape index (κ1) is 18.2. The second kappa shape index (κ2) is 6.99. The molecule has 1 heterocycles. The van der Waals surface area contributed by atoms with Gasteiger partial charge < -0.3 is 9.47 Å². The van der Waals surface area contributed by atoms with Gasteiger partial charge in [-0.1, -0.05) is 11.6 Å². The first-order chi connectivity index (χ1) is 12.9.